The number of non-ortho nitro benzene ring substituents is 1. The molecule has 0 atom stereocenters. The van der Waals surface area contributed by atoms with E-state index in [1.807, 2.05) is 59.2 Å². The molecule has 5 rings (SSSR count). The third-order valence-electron chi connectivity index (χ3n) is 5.48. The summed E-state index contributed by atoms with van der Waals surface area (Å²) in [6.45, 7) is 0.201. The van der Waals surface area contributed by atoms with Crippen molar-refractivity contribution in [2.75, 3.05) is 0 Å². The van der Waals surface area contributed by atoms with Gasteiger partial charge in [-0.25, -0.2) is 0 Å². The molecule has 1 aliphatic heterocycles. The number of carbonyl (C=O) groups excluding carboxylic acids is 2. The van der Waals surface area contributed by atoms with Gasteiger partial charge in [0.2, 0.25) is 0 Å². The number of nitrogens with zero attached hydrogens (tertiary/aromatic N) is 3. The number of nitro groups is 1. The molecule has 3 aromatic carbocycles. The molecular weight excluding hydrogens is 438 g/mol. The third-order valence-corrected chi connectivity index (χ3v) is 6.39. The van der Waals surface area contributed by atoms with Gasteiger partial charge in [-0.1, -0.05) is 42.5 Å². The zero-order valence-corrected chi connectivity index (χ0v) is 18.1. The summed E-state index contributed by atoms with van der Waals surface area (Å²) in [7, 11) is 0. The van der Waals surface area contributed by atoms with Gasteiger partial charge in [0.05, 0.1) is 16.4 Å². The fraction of sp³-hybridized carbons (Fsp3) is 0.0400. The lowest BCUT2D eigenvalue weighted by molar-refractivity contribution is -0.384. The predicted molar refractivity (Wildman–Crippen MR) is 128 cm³/mol. The molecule has 7 nitrogen and oxygen atoms in total. The van der Waals surface area contributed by atoms with E-state index < -0.39 is 4.92 Å². The highest BCUT2D eigenvalue weighted by molar-refractivity contribution is 8.18. The second-order valence-electron chi connectivity index (χ2n) is 7.48. The van der Waals surface area contributed by atoms with Gasteiger partial charge < -0.3 is 4.57 Å². The number of rotatable bonds is 5. The Morgan fingerprint density at radius 3 is 2.45 bits per heavy atom. The van der Waals surface area contributed by atoms with Crippen LogP contribution in [0.5, 0.6) is 0 Å². The van der Waals surface area contributed by atoms with Crippen molar-refractivity contribution in [3.05, 3.63) is 111 Å². The highest BCUT2D eigenvalue weighted by atomic mass is 32.2. The number of aromatic nitrogens is 1. The molecule has 1 aliphatic rings. The second kappa shape index (κ2) is 8.40. The molecule has 1 aromatic heterocycles. The van der Waals surface area contributed by atoms with Crippen molar-refractivity contribution >= 4 is 45.4 Å². The number of amides is 2. The first-order valence-electron chi connectivity index (χ1n) is 10.2. The SMILES string of the molecule is O=C1S/C(=C/c2cccn2-c2ccc([N+](=O)[O-])cc2)C(=O)N1Cc1cccc2ccccc12. The van der Waals surface area contributed by atoms with Crippen molar-refractivity contribution in [2.24, 2.45) is 0 Å². The molecule has 1 saturated heterocycles. The molecule has 0 spiro atoms. The molecular formula is C25H17N3O4S. The molecule has 0 N–H and O–H groups in total. The molecule has 2 heterocycles. The number of imide groups is 1. The van der Waals surface area contributed by atoms with Crippen molar-refractivity contribution in [3.63, 3.8) is 0 Å². The summed E-state index contributed by atoms with van der Waals surface area (Å²) >= 11 is 0.911. The van der Waals surface area contributed by atoms with E-state index in [9.17, 15) is 19.7 Å². The van der Waals surface area contributed by atoms with Crippen LogP contribution in [0.15, 0.2) is 90.0 Å². The Morgan fingerprint density at radius 2 is 1.67 bits per heavy atom. The molecule has 0 bridgehead atoms. The van der Waals surface area contributed by atoms with Gasteiger partial charge in [-0.15, -0.1) is 0 Å². The standard InChI is InChI=1S/C25H17N3O4S/c29-24-23(15-21-8-4-14-26(21)19-10-12-20(13-11-19)28(31)32)33-25(30)27(24)16-18-7-3-6-17-5-1-2-9-22(17)18/h1-15H,16H2/b23-15+. The fourth-order valence-corrected chi connectivity index (χ4v) is 4.68. The van der Waals surface area contributed by atoms with Crippen molar-refractivity contribution in [3.8, 4) is 5.69 Å². The number of fused-ring (bicyclic) bond motifs is 1. The van der Waals surface area contributed by atoms with Crippen LogP contribution in [0.2, 0.25) is 0 Å². The van der Waals surface area contributed by atoms with Crippen molar-refractivity contribution < 1.29 is 14.5 Å². The highest BCUT2D eigenvalue weighted by Crippen LogP contribution is 2.34. The summed E-state index contributed by atoms with van der Waals surface area (Å²) in [5.41, 5.74) is 2.32. The first kappa shape index (κ1) is 20.7. The molecule has 0 radical (unpaired) electrons. The number of nitro benzene ring substituents is 1. The lowest BCUT2D eigenvalue weighted by Crippen LogP contribution is -2.27. The maximum absolute atomic E-state index is 13.1. The van der Waals surface area contributed by atoms with E-state index in [1.54, 1.807) is 24.4 Å². The zero-order valence-electron chi connectivity index (χ0n) is 17.3. The molecule has 162 valence electrons. The Balaban J connectivity index is 1.42. The molecule has 4 aromatic rings. The third kappa shape index (κ3) is 3.92. The Bertz CT molecular complexity index is 1430. The van der Waals surface area contributed by atoms with Crippen LogP contribution < -0.4 is 0 Å². The van der Waals surface area contributed by atoms with Crippen LogP contribution in [0.25, 0.3) is 22.5 Å². The molecule has 0 saturated carbocycles. The Labute approximate surface area is 193 Å². The number of carbonyl (C=O) groups is 2. The molecule has 8 heteroatoms. The summed E-state index contributed by atoms with van der Waals surface area (Å²) < 4.78 is 1.81. The van der Waals surface area contributed by atoms with E-state index in [4.69, 9.17) is 0 Å². The first-order valence-corrected chi connectivity index (χ1v) is 11.0. The van der Waals surface area contributed by atoms with Crippen molar-refractivity contribution in [1.82, 2.24) is 9.47 Å². The van der Waals surface area contributed by atoms with Crippen LogP contribution in [0.1, 0.15) is 11.3 Å². The largest absolute Gasteiger partial charge is 0.317 e. The van der Waals surface area contributed by atoms with Gasteiger partial charge in [0.15, 0.2) is 0 Å². The summed E-state index contributed by atoms with van der Waals surface area (Å²) in [6.07, 6.45) is 3.47. The van der Waals surface area contributed by atoms with E-state index in [0.717, 1.165) is 28.1 Å². The number of hydrogen-bond acceptors (Lipinski definition) is 5. The predicted octanol–water partition coefficient (Wildman–Crippen LogP) is 5.78. The van der Waals surface area contributed by atoms with Crippen molar-refractivity contribution in [1.29, 1.82) is 0 Å². The molecule has 33 heavy (non-hydrogen) atoms. The molecule has 0 aliphatic carbocycles. The zero-order chi connectivity index (χ0) is 22.9. The van der Waals surface area contributed by atoms with Gasteiger partial charge in [-0.2, -0.15) is 0 Å². The minimum absolute atomic E-state index is 0.00186. The van der Waals surface area contributed by atoms with Crippen LogP contribution in [-0.4, -0.2) is 25.5 Å². The van der Waals surface area contributed by atoms with Crippen LogP contribution in [0.4, 0.5) is 10.5 Å². The van der Waals surface area contributed by atoms with Crippen molar-refractivity contribution in [2.45, 2.75) is 6.54 Å². The van der Waals surface area contributed by atoms with Crippen LogP contribution in [0.3, 0.4) is 0 Å². The summed E-state index contributed by atoms with van der Waals surface area (Å²) in [5.74, 6) is -0.339. The smallest absolute Gasteiger partial charge is 0.293 e. The van der Waals surface area contributed by atoms with Gasteiger partial charge in [0, 0.05) is 29.7 Å². The maximum Gasteiger partial charge on any atom is 0.293 e. The molecule has 0 unspecified atom stereocenters. The topological polar surface area (TPSA) is 85.5 Å². The van der Waals surface area contributed by atoms with Gasteiger partial charge in [-0.05, 0) is 58.4 Å². The lowest BCUT2D eigenvalue weighted by Gasteiger charge is -2.14. The van der Waals surface area contributed by atoms with Gasteiger partial charge >= 0.3 is 0 Å². The Kier molecular flexibility index (Phi) is 5.27. The fourth-order valence-electron chi connectivity index (χ4n) is 3.85. The second-order valence-corrected chi connectivity index (χ2v) is 8.48. The maximum atomic E-state index is 13.1. The quantitative estimate of drug-likeness (QED) is 0.216. The normalized spacial score (nSPS) is 15.0. The number of thioether (sulfide) groups is 1. The summed E-state index contributed by atoms with van der Waals surface area (Å²) in [5, 5.41) is 12.7. The molecule has 2 amide bonds. The van der Waals surface area contributed by atoms with Gasteiger partial charge in [-0.3, -0.25) is 24.6 Å². The average Bonchev–Trinajstić information content (AvgIpc) is 3.39. The monoisotopic (exact) mass is 455 g/mol. The van der Waals surface area contributed by atoms with E-state index >= 15 is 0 Å². The Hall–Kier alpha value is -4.17. The minimum Gasteiger partial charge on any atom is -0.317 e. The van der Waals surface area contributed by atoms with E-state index in [2.05, 4.69) is 0 Å². The first-order chi connectivity index (χ1) is 16.0. The van der Waals surface area contributed by atoms with E-state index in [1.165, 1.54) is 17.0 Å². The highest BCUT2D eigenvalue weighted by Gasteiger charge is 2.35. The summed E-state index contributed by atoms with van der Waals surface area (Å²) in [4.78, 5) is 37.8. The summed E-state index contributed by atoms with van der Waals surface area (Å²) in [6, 6.07) is 23.5. The number of hydrogen-bond donors (Lipinski definition) is 0. The number of benzene rings is 3. The van der Waals surface area contributed by atoms with E-state index in [-0.39, 0.29) is 23.4 Å². The van der Waals surface area contributed by atoms with Crippen LogP contribution in [0, 0.1) is 10.1 Å². The molecule has 1 fully saturated rings. The van der Waals surface area contributed by atoms with Gasteiger partial charge in [0.25, 0.3) is 16.8 Å². The van der Waals surface area contributed by atoms with Crippen LogP contribution in [-0.2, 0) is 11.3 Å². The minimum atomic E-state index is -0.452. The average molecular weight is 455 g/mol. The lowest BCUT2D eigenvalue weighted by atomic mass is 10.0. The van der Waals surface area contributed by atoms with Gasteiger partial charge in [0.1, 0.15) is 0 Å². The Morgan fingerprint density at radius 1 is 0.909 bits per heavy atom. The van der Waals surface area contributed by atoms with E-state index in [0.29, 0.717) is 16.3 Å². The van der Waals surface area contributed by atoms with Crippen LogP contribution >= 0.6 is 11.8 Å².